The highest BCUT2D eigenvalue weighted by Gasteiger charge is 2.26. The Kier molecular flexibility index (Phi) is 3.98. The first-order valence-corrected chi connectivity index (χ1v) is 9.32. The summed E-state index contributed by atoms with van der Waals surface area (Å²) in [5.74, 6) is 1.77. The van der Waals surface area contributed by atoms with Gasteiger partial charge in [-0.2, -0.15) is 0 Å². The van der Waals surface area contributed by atoms with Gasteiger partial charge >= 0.3 is 0 Å². The molecule has 0 bridgehead atoms. The van der Waals surface area contributed by atoms with Crippen LogP contribution >= 0.6 is 0 Å². The summed E-state index contributed by atoms with van der Waals surface area (Å²) >= 11 is 0. The Bertz CT molecular complexity index is 1130. The average molecular weight is 360 g/mol. The Labute approximate surface area is 155 Å². The third kappa shape index (κ3) is 3.13. The molecule has 1 aliphatic heterocycles. The molecular formula is C21H20N4O2. The minimum atomic E-state index is -0.0805. The van der Waals surface area contributed by atoms with E-state index in [9.17, 15) is 4.79 Å². The summed E-state index contributed by atoms with van der Waals surface area (Å²) < 4.78 is 5.97. The van der Waals surface area contributed by atoms with E-state index < -0.39 is 0 Å². The monoisotopic (exact) mass is 360 g/mol. The van der Waals surface area contributed by atoms with E-state index in [1.54, 1.807) is 6.07 Å². The van der Waals surface area contributed by atoms with E-state index in [2.05, 4.69) is 19.9 Å². The number of nitrogens with zero attached hydrogens (tertiary/aromatic N) is 3. The molecule has 1 aliphatic rings. The molecule has 1 saturated heterocycles. The second kappa shape index (κ2) is 6.63. The minimum Gasteiger partial charge on any atom is -0.440 e. The van der Waals surface area contributed by atoms with E-state index in [4.69, 9.17) is 4.42 Å². The van der Waals surface area contributed by atoms with Crippen LogP contribution in [-0.4, -0.2) is 32.9 Å². The number of likely N-dealkylation sites (tertiary alicyclic amines) is 1. The number of aromatic amines is 1. The maximum absolute atomic E-state index is 12.3. The van der Waals surface area contributed by atoms with Crippen molar-refractivity contribution in [3.05, 3.63) is 70.6 Å². The number of hydrogen-bond acceptors (Lipinski definition) is 5. The molecule has 0 saturated carbocycles. The van der Waals surface area contributed by atoms with Crippen LogP contribution in [0.15, 0.2) is 57.7 Å². The van der Waals surface area contributed by atoms with Gasteiger partial charge in [0.15, 0.2) is 11.5 Å². The van der Waals surface area contributed by atoms with Crippen molar-refractivity contribution in [2.45, 2.75) is 25.3 Å². The summed E-state index contributed by atoms with van der Waals surface area (Å²) in [5, 5.41) is 0.629. The van der Waals surface area contributed by atoms with Crippen LogP contribution < -0.4 is 5.56 Å². The van der Waals surface area contributed by atoms with Crippen LogP contribution in [0.5, 0.6) is 0 Å². The molecule has 6 heteroatoms. The molecule has 0 aliphatic carbocycles. The summed E-state index contributed by atoms with van der Waals surface area (Å²) in [5.41, 5.74) is 2.40. The first kappa shape index (κ1) is 16.2. The fourth-order valence-electron chi connectivity index (χ4n) is 3.89. The van der Waals surface area contributed by atoms with Crippen molar-refractivity contribution < 1.29 is 4.42 Å². The van der Waals surface area contributed by atoms with Gasteiger partial charge in [-0.15, -0.1) is 0 Å². The van der Waals surface area contributed by atoms with Gasteiger partial charge in [-0.05, 0) is 43.7 Å². The fourth-order valence-corrected chi connectivity index (χ4v) is 3.89. The quantitative estimate of drug-likeness (QED) is 0.606. The highest BCUT2D eigenvalue weighted by Crippen LogP contribution is 2.29. The van der Waals surface area contributed by atoms with Gasteiger partial charge in [0.2, 0.25) is 0 Å². The first-order valence-electron chi connectivity index (χ1n) is 9.32. The number of fused-ring (bicyclic) bond motifs is 2. The normalized spacial score (nSPS) is 18.3. The van der Waals surface area contributed by atoms with Gasteiger partial charge in [0.1, 0.15) is 11.3 Å². The summed E-state index contributed by atoms with van der Waals surface area (Å²) in [6, 6.07) is 15.3. The zero-order valence-corrected chi connectivity index (χ0v) is 14.9. The first-order chi connectivity index (χ1) is 13.3. The van der Waals surface area contributed by atoms with E-state index in [0.717, 1.165) is 48.4 Å². The van der Waals surface area contributed by atoms with Crippen LogP contribution in [0, 0.1) is 0 Å². The SMILES string of the molecule is O=c1[nH]c(CN2CCC[C@H](c3nc4ccccc4o3)C2)nc2ccccc12. The lowest BCUT2D eigenvalue weighted by molar-refractivity contribution is 0.183. The van der Waals surface area contributed by atoms with E-state index >= 15 is 0 Å². The molecule has 6 nitrogen and oxygen atoms in total. The lowest BCUT2D eigenvalue weighted by atomic mass is 9.98. The van der Waals surface area contributed by atoms with Gasteiger partial charge in [-0.1, -0.05) is 24.3 Å². The van der Waals surface area contributed by atoms with Gasteiger partial charge in [0, 0.05) is 12.5 Å². The molecule has 0 spiro atoms. The smallest absolute Gasteiger partial charge is 0.258 e. The number of benzene rings is 2. The average Bonchev–Trinajstić information content (AvgIpc) is 3.13. The molecular weight excluding hydrogens is 340 g/mol. The van der Waals surface area contributed by atoms with E-state index in [1.165, 1.54) is 0 Å². The van der Waals surface area contributed by atoms with Crippen LogP contribution in [0.3, 0.4) is 0 Å². The zero-order chi connectivity index (χ0) is 18.2. The van der Waals surface area contributed by atoms with Gasteiger partial charge in [-0.25, -0.2) is 9.97 Å². The summed E-state index contributed by atoms with van der Waals surface area (Å²) in [6.07, 6.45) is 2.13. The molecule has 0 amide bonds. The maximum atomic E-state index is 12.3. The predicted octanol–water partition coefficient (Wildman–Crippen LogP) is 3.44. The number of hydrogen-bond donors (Lipinski definition) is 1. The van der Waals surface area contributed by atoms with E-state index in [1.807, 2.05) is 42.5 Å². The number of aromatic nitrogens is 3. The Morgan fingerprint density at radius 3 is 2.78 bits per heavy atom. The number of H-pyrrole nitrogens is 1. The standard InChI is InChI=1S/C21H20N4O2/c26-20-15-7-1-2-8-16(15)22-19(24-20)13-25-11-5-6-14(12-25)21-23-17-9-3-4-10-18(17)27-21/h1-4,7-10,14H,5-6,11-13H2,(H,22,24,26)/t14-/m0/s1. The van der Waals surface area contributed by atoms with Crippen molar-refractivity contribution in [1.82, 2.24) is 19.9 Å². The molecule has 0 radical (unpaired) electrons. The maximum Gasteiger partial charge on any atom is 0.258 e. The molecule has 27 heavy (non-hydrogen) atoms. The third-order valence-corrected chi connectivity index (χ3v) is 5.20. The zero-order valence-electron chi connectivity index (χ0n) is 14.9. The van der Waals surface area contributed by atoms with Crippen molar-refractivity contribution in [1.29, 1.82) is 0 Å². The van der Waals surface area contributed by atoms with E-state index in [-0.39, 0.29) is 11.5 Å². The molecule has 1 atom stereocenters. The summed E-state index contributed by atoms with van der Waals surface area (Å²) in [7, 11) is 0. The van der Waals surface area contributed by atoms with Gasteiger partial charge in [-0.3, -0.25) is 9.69 Å². The molecule has 1 fully saturated rings. The highest BCUT2D eigenvalue weighted by molar-refractivity contribution is 5.77. The van der Waals surface area contributed by atoms with Crippen molar-refractivity contribution in [3.63, 3.8) is 0 Å². The van der Waals surface area contributed by atoms with Crippen LogP contribution in [0.25, 0.3) is 22.0 Å². The summed E-state index contributed by atoms with van der Waals surface area (Å²) in [6.45, 7) is 2.45. The largest absolute Gasteiger partial charge is 0.440 e. The number of nitrogens with one attached hydrogen (secondary N) is 1. The second-order valence-corrected chi connectivity index (χ2v) is 7.12. The summed E-state index contributed by atoms with van der Waals surface area (Å²) in [4.78, 5) is 26.8. The molecule has 3 heterocycles. The second-order valence-electron chi connectivity index (χ2n) is 7.12. The van der Waals surface area contributed by atoms with Gasteiger partial charge in [0.25, 0.3) is 5.56 Å². The molecule has 4 aromatic rings. The van der Waals surface area contributed by atoms with Crippen LogP contribution in [0.4, 0.5) is 0 Å². The molecule has 2 aromatic heterocycles. The Balaban J connectivity index is 1.37. The molecule has 5 rings (SSSR count). The van der Waals surface area contributed by atoms with Crippen molar-refractivity contribution in [2.24, 2.45) is 0 Å². The van der Waals surface area contributed by atoms with Gasteiger partial charge in [0.05, 0.1) is 17.4 Å². The van der Waals surface area contributed by atoms with Crippen LogP contribution in [-0.2, 0) is 6.54 Å². The number of rotatable bonds is 3. The topological polar surface area (TPSA) is 75.0 Å². The van der Waals surface area contributed by atoms with Crippen molar-refractivity contribution in [3.8, 4) is 0 Å². The molecule has 136 valence electrons. The van der Waals surface area contributed by atoms with Crippen molar-refractivity contribution in [2.75, 3.05) is 13.1 Å². The van der Waals surface area contributed by atoms with Crippen molar-refractivity contribution >= 4 is 22.0 Å². The predicted molar refractivity (Wildman–Crippen MR) is 104 cm³/mol. The number of para-hydroxylation sites is 3. The van der Waals surface area contributed by atoms with Crippen LogP contribution in [0.2, 0.25) is 0 Å². The Morgan fingerprint density at radius 1 is 1.07 bits per heavy atom. The Hall–Kier alpha value is -2.99. The number of oxazole rings is 1. The van der Waals surface area contributed by atoms with Crippen LogP contribution in [0.1, 0.15) is 30.5 Å². The Morgan fingerprint density at radius 2 is 1.89 bits per heavy atom. The third-order valence-electron chi connectivity index (χ3n) is 5.20. The molecule has 0 unspecified atom stereocenters. The highest BCUT2D eigenvalue weighted by atomic mass is 16.3. The lowest BCUT2D eigenvalue weighted by Crippen LogP contribution is -2.35. The fraction of sp³-hybridized carbons (Fsp3) is 0.286. The number of piperidine rings is 1. The molecule has 1 N–H and O–H groups in total. The van der Waals surface area contributed by atoms with E-state index in [0.29, 0.717) is 17.8 Å². The molecule has 2 aromatic carbocycles. The lowest BCUT2D eigenvalue weighted by Gasteiger charge is -2.30. The van der Waals surface area contributed by atoms with Gasteiger partial charge < -0.3 is 9.40 Å². The minimum absolute atomic E-state index is 0.0805.